The van der Waals surface area contributed by atoms with Crippen LogP contribution in [0.1, 0.15) is 59.8 Å². The number of hydrogen-bond donors (Lipinski definition) is 2. The Kier molecular flexibility index (Phi) is 9.86. The Labute approximate surface area is 122 Å². The molecule has 2 N–H and O–H groups in total. The summed E-state index contributed by atoms with van der Waals surface area (Å²) in [6.07, 6.45) is 3.75. The van der Waals surface area contributed by atoms with Crippen molar-refractivity contribution < 1.29 is 14.7 Å². The Bertz CT molecular complexity index is 295. The van der Waals surface area contributed by atoms with Crippen LogP contribution >= 0.6 is 0 Å². The first-order valence-corrected chi connectivity index (χ1v) is 7.68. The number of nitrogens with zero attached hydrogens (tertiary/aromatic N) is 1. The van der Waals surface area contributed by atoms with E-state index in [-0.39, 0.29) is 24.4 Å². The van der Waals surface area contributed by atoms with Crippen LogP contribution < -0.4 is 5.32 Å². The fraction of sp³-hybridized carbons (Fsp3) is 0.867. The van der Waals surface area contributed by atoms with E-state index in [0.29, 0.717) is 13.0 Å². The molecule has 0 heterocycles. The minimum atomic E-state index is -0.785. The fourth-order valence-corrected chi connectivity index (χ4v) is 1.91. The molecule has 0 radical (unpaired) electrons. The van der Waals surface area contributed by atoms with Gasteiger partial charge in [-0.3, -0.25) is 4.79 Å². The smallest absolute Gasteiger partial charge is 0.317 e. The van der Waals surface area contributed by atoms with Crippen LogP contribution in [-0.2, 0) is 4.79 Å². The molecular formula is C15H30N2O3. The average molecular weight is 286 g/mol. The second kappa shape index (κ2) is 10.5. The maximum absolute atomic E-state index is 12.2. The van der Waals surface area contributed by atoms with E-state index >= 15 is 0 Å². The lowest BCUT2D eigenvalue weighted by Gasteiger charge is -2.29. The van der Waals surface area contributed by atoms with E-state index in [9.17, 15) is 9.59 Å². The number of aliphatic carboxylic acids is 1. The van der Waals surface area contributed by atoms with E-state index in [1.165, 1.54) is 0 Å². The van der Waals surface area contributed by atoms with Crippen molar-refractivity contribution in [1.82, 2.24) is 10.2 Å². The monoisotopic (exact) mass is 286 g/mol. The molecule has 0 saturated carbocycles. The standard InChI is InChI=1S/C15H30N2O3/c1-5-7-10-17(13(4)6-2)15(20)16-11-12(3)8-9-14(18)19/h12-13H,5-11H2,1-4H3,(H,16,20)(H,18,19). The molecule has 0 aliphatic rings. The summed E-state index contributed by atoms with van der Waals surface area (Å²) in [6.45, 7) is 9.52. The molecule has 0 aliphatic heterocycles. The number of urea groups is 1. The van der Waals surface area contributed by atoms with Crippen LogP contribution in [0, 0.1) is 5.92 Å². The van der Waals surface area contributed by atoms with Crippen LogP contribution in [0.5, 0.6) is 0 Å². The van der Waals surface area contributed by atoms with E-state index in [4.69, 9.17) is 5.11 Å². The number of carboxylic acid groups (broad SMARTS) is 1. The summed E-state index contributed by atoms with van der Waals surface area (Å²) in [5.41, 5.74) is 0. The van der Waals surface area contributed by atoms with Crippen molar-refractivity contribution in [3.63, 3.8) is 0 Å². The Morgan fingerprint density at radius 2 is 1.90 bits per heavy atom. The molecule has 20 heavy (non-hydrogen) atoms. The van der Waals surface area contributed by atoms with Crippen LogP contribution in [0.3, 0.4) is 0 Å². The summed E-state index contributed by atoms with van der Waals surface area (Å²) in [5, 5.41) is 11.6. The fourth-order valence-electron chi connectivity index (χ4n) is 1.91. The quantitative estimate of drug-likeness (QED) is 0.648. The highest BCUT2D eigenvalue weighted by Gasteiger charge is 2.18. The summed E-state index contributed by atoms with van der Waals surface area (Å²) in [6, 6.07) is 0.200. The number of amides is 2. The van der Waals surface area contributed by atoms with Gasteiger partial charge < -0.3 is 15.3 Å². The summed E-state index contributed by atoms with van der Waals surface area (Å²) >= 11 is 0. The summed E-state index contributed by atoms with van der Waals surface area (Å²) in [4.78, 5) is 24.6. The highest BCUT2D eigenvalue weighted by Crippen LogP contribution is 2.08. The third kappa shape index (κ3) is 8.02. The van der Waals surface area contributed by atoms with Gasteiger partial charge in [-0.1, -0.05) is 27.2 Å². The van der Waals surface area contributed by atoms with Crippen LogP contribution in [-0.4, -0.2) is 41.1 Å². The number of nitrogens with one attached hydrogen (secondary N) is 1. The number of carbonyl (C=O) groups excluding carboxylic acids is 1. The van der Waals surface area contributed by atoms with Crippen molar-refractivity contribution in [2.45, 2.75) is 65.8 Å². The Morgan fingerprint density at radius 3 is 2.40 bits per heavy atom. The summed E-state index contributed by atoms with van der Waals surface area (Å²) in [7, 11) is 0. The highest BCUT2D eigenvalue weighted by molar-refractivity contribution is 5.74. The zero-order valence-corrected chi connectivity index (χ0v) is 13.3. The molecule has 0 aromatic carbocycles. The molecule has 0 rings (SSSR count). The van der Waals surface area contributed by atoms with Gasteiger partial charge in [-0.25, -0.2) is 4.79 Å². The molecule has 0 bridgehead atoms. The number of carbonyl (C=O) groups is 2. The lowest BCUT2D eigenvalue weighted by atomic mass is 10.1. The molecule has 0 saturated heterocycles. The third-order valence-electron chi connectivity index (χ3n) is 3.59. The number of carboxylic acids is 1. The zero-order chi connectivity index (χ0) is 15.5. The normalized spacial score (nSPS) is 13.6. The molecule has 0 aliphatic carbocycles. The van der Waals surface area contributed by atoms with Crippen LogP contribution in [0.4, 0.5) is 4.79 Å². The summed E-state index contributed by atoms with van der Waals surface area (Å²) < 4.78 is 0. The van der Waals surface area contributed by atoms with Gasteiger partial charge in [0, 0.05) is 25.6 Å². The molecule has 2 atom stereocenters. The maximum atomic E-state index is 12.2. The topological polar surface area (TPSA) is 69.6 Å². The lowest BCUT2D eigenvalue weighted by molar-refractivity contribution is -0.137. The number of hydrogen-bond acceptors (Lipinski definition) is 2. The van der Waals surface area contributed by atoms with Crippen molar-refractivity contribution in [3.05, 3.63) is 0 Å². The van der Waals surface area contributed by atoms with Crippen molar-refractivity contribution >= 4 is 12.0 Å². The van der Waals surface area contributed by atoms with Crippen LogP contribution in [0.25, 0.3) is 0 Å². The first-order valence-electron chi connectivity index (χ1n) is 7.68. The Hall–Kier alpha value is -1.26. The van der Waals surface area contributed by atoms with Gasteiger partial charge in [-0.2, -0.15) is 0 Å². The Morgan fingerprint density at radius 1 is 1.25 bits per heavy atom. The molecule has 5 nitrogen and oxygen atoms in total. The molecule has 0 aromatic rings. The van der Waals surface area contributed by atoms with Crippen molar-refractivity contribution in [2.24, 2.45) is 5.92 Å². The molecule has 2 unspecified atom stereocenters. The second-order valence-electron chi connectivity index (χ2n) is 5.53. The maximum Gasteiger partial charge on any atom is 0.317 e. The minimum Gasteiger partial charge on any atom is -0.481 e. The van der Waals surface area contributed by atoms with Gasteiger partial charge in [-0.05, 0) is 32.1 Å². The van der Waals surface area contributed by atoms with Gasteiger partial charge in [0.25, 0.3) is 0 Å². The molecule has 2 amide bonds. The van der Waals surface area contributed by atoms with E-state index < -0.39 is 5.97 Å². The van der Waals surface area contributed by atoms with Crippen molar-refractivity contribution in [2.75, 3.05) is 13.1 Å². The van der Waals surface area contributed by atoms with Crippen LogP contribution in [0.15, 0.2) is 0 Å². The van der Waals surface area contributed by atoms with E-state index in [1.54, 1.807) is 0 Å². The SMILES string of the molecule is CCCCN(C(=O)NCC(C)CCC(=O)O)C(C)CC. The largest absolute Gasteiger partial charge is 0.481 e. The van der Waals surface area contributed by atoms with Gasteiger partial charge in [0.15, 0.2) is 0 Å². The molecule has 5 heteroatoms. The minimum absolute atomic E-state index is 0.0324. The number of rotatable bonds is 10. The lowest BCUT2D eigenvalue weighted by Crippen LogP contribution is -2.46. The summed E-state index contributed by atoms with van der Waals surface area (Å²) in [5.74, 6) is -0.604. The van der Waals surface area contributed by atoms with Gasteiger partial charge >= 0.3 is 12.0 Å². The van der Waals surface area contributed by atoms with E-state index in [2.05, 4.69) is 26.1 Å². The first kappa shape index (κ1) is 18.7. The van der Waals surface area contributed by atoms with E-state index in [0.717, 1.165) is 25.8 Å². The first-order chi connectivity index (χ1) is 9.42. The van der Waals surface area contributed by atoms with Gasteiger partial charge in [0.05, 0.1) is 0 Å². The number of unbranched alkanes of at least 4 members (excludes halogenated alkanes) is 1. The molecule has 118 valence electrons. The molecule has 0 fully saturated rings. The van der Waals surface area contributed by atoms with Crippen molar-refractivity contribution in [1.29, 1.82) is 0 Å². The van der Waals surface area contributed by atoms with Gasteiger partial charge in [-0.15, -0.1) is 0 Å². The zero-order valence-electron chi connectivity index (χ0n) is 13.3. The third-order valence-corrected chi connectivity index (χ3v) is 3.59. The molecule has 0 aromatic heterocycles. The highest BCUT2D eigenvalue weighted by atomic mass is 16.4. The van der Waals surface area contributed by atoms with Gasteiger partial charge in [0.2, 0.25) is 0 Å². The average Bonchev–Trinajstić information content (AvgIpc) is 2.42. The molecule has 0 spiro atoms. The van der Waals surface area contributed by atoms with Crippen molar-refractivity contribution in [3.8, 4) is 0 Å². The molecular weight excluding hydrogens is 256 g/mol. The van der Waals surface area contributed by atoms with Crippen LogP contribution in [0.2, 0.25) is 0 Å². The van der Waals surface area contributed by atoms with Gasteiger partial charge in [0.1, 0.15) is 0 Å². The predicted molar refractivity (Wildman–Crippen MR) is 80.8 cm³/mol. The van der Waals surface area contributed by atoms with E-state index in [1.807, 2.05) is 11.8 Å². The second-order valence-corrected chi connectivity index (χ2v) is 5.53. The Balaban J connectivity index is 4.20. The predicted octanol–water partition coefficient (Wildman–Crippen LogP) is 3.10.